The predicted octanol–water partition coefficient (Wildman–Crippen LogP) is 2.43. The lowest BCUT2D eigenvalue weighted by molar-refractivity contribution is -0.119. The summed E-state index contributed by atoms with van der Waals surface area (Å²) in [6, 6.07) is 1.55. The van der Waals surface area contributed by atoms with Crippen LogP contribution in [0.4, 0.5) is 5.69 Å². The van der Waals surface area contributed by atoms with Crippen molar-refractivity contribution in [1.82, 2.24) is 4.90 Å². The first-order valence-electron chi connectivity index (χ1n) is 8.08. The van der Waals surface area contributed by atoms with E-state index in [1.54, 1.807) is 11.0 Å². The van der Waals surface area contributed by atoms with Gasteiger partial charge in [0.25, 0.3) is 0 Å². The number of carboxylic acid groups (broad SMARTS) is 1. The van der Waals surface area contributed by atoms with Crippen molar-refractivity contribution in [3.8, 4) is 11.8 Å². The normalized spacial score (nSPS) is 15.2. The van der Waals surface area contributed by atoms with Gasteiger partial charge < -0.3 is 14.9 Å². The molecule has 7 heteroatoms. The monoisotopic (exact) mass is 362 g/mol. The number of piperidine rings is 1. The van der Waals surface area contributed by atoms with Gasteiger partial charge in [-0.25, -0.2) is 4.79 Å². The molecule has 0 aliphatic carbocycles. The predicted molar refractivity (Wildman–Crippen MR) is 96.8 cm³/mol. The van der Waals surface area contributed by atoms with E-state index in [1.165, 1.54) is 4.90 Å². The van der Waals surface area contributed by atoms with Gasteiger partial charge in [0, 0.05) is 24.5 Å². The Balaban J connectivity index is 2.32. The zero-order valence-corrected chi connectivity index (χ0v) is 15.4. The van der Waals surface area contributed by atoms with Crippen LogP contribution in [0.3, 0.4) is 0 Å². The molecule has 1 fully saturated rings. The van der Waals surface area contributed by atoms with Gasteiger partial charge in [-0.1, -0.05) is 11.8 Å². The Morgan fingerprint density at radius 3 is 2.48 bits per heavy atom. The topological polar surface area (TPSA) is 77.9 Å². The Bertz CT molecular complexity index is 716. The van der Waals surface area contributed by atoms with Gasteiger partial charge in [0.15, 0.2) is 0 Å². The van der Waals surface area contributed by atoms with Crippen LogP contribution in [-0.2, 0) is 9.59 Å². The number of carbonyl (C=O) groups excluding carboxylic acids is 2. The fraction of sp³-hybridized carbons (Fsp3) is 0.500. The number of amides is 2. The van der Waals surface area contributed by atoms with E-state index >= 15 is 0 Å². The first-order valence-corrected chi connectivity index (χ1v) is 8.90. The van der Waals surface area contributed by atoms with Gasteiger partial charge in [0.05, 0.1) is 10.6 Å². The second kappa shape index (κ2) is 7.70. The molecule has 1 aromatic heterocycles. The SMILES string of the molecule is CC(C)(C)C#Cc1cc(N(C=O)C2CCN(C=O)CC2)c(C(=O)O)s1. The highest BCUT2D eigenvalue weighted by atomic mass is 32.1. The molecular weight excluding hydrogens is 340 g/mol. The van der Waals surface area contributed by atoms with Crippen molar-refractivity contribution < 1.29 is 19.5 Å². The molecule has 0 bridgehead atoms. The maximum atomic E-state index is 11.7. The lowest BCUT2D eigenvalue weighted by Crippen LogP contribution is -2.44. The van der Waals surface area contributed by atoms with Crippen molar-refractivity contribution in [2.45, 2.75) is 39.7 Å². The van der Waals surface area contributed by atoms with Crippen LogP contribution in [0.15, 0.2) is 6.07 Å². The van der Waals surface area contributed by atoms with E-state index in [0.29, 0.717) is 42.9 Å². The summed E-state index contributed by atoms with van der Waals surface area (Å²) in [6.07, 6.45) is 2.72. The minimum Gasteiger partial charge on any atom is -0.477 e. The van der Waals surface area contributed by atoms with Gasteiger partial charge in [-0.2, -0.15) is 0 Å². The largest absolute Gasteiger partial charge is 0.477 e. The average molecular weight is 362 g/mol. The fourth-order valence-corrected chi connectivity index (χ4v) is 3.49. The van der Waals surface area contributed by atoms with Crippen LogP contribution in [0, 0.1) is 17.3 Å². The van der Waals surface area contributed by atoms with Crippen LogP contribution in [0.25, 0.3) is 0 Å². The molecule has 6 nitrogen and oxygen atoms in total. The number of hydrogen-bond acceptors (Lipinski definition) is 4. The number of hydrogen-bond donors (Lipinski definition) is 1. The van der Waals surface area contributed by atoms with E-state index in [1.807, 2.05) is 20.8 Å². The molecule has 0 aromatic carbocycles. The van der Waals surface area contributed by atoms with E-state index in [0.717, 1.165) is 17.7 Å². The van der Waals surface area contributed by atoms with Gasteiger partial charge in [-0.05, 0) is 39.7 Å². The molecule has 0 atom stereocenters. The molecule has 134 valence electrons. The van der Waals surface area contributed by atoms with E-state index in [4.69, 9.17) is 0 Å². The highest BCUT2D eigenvalue weighted by molar-refractivity contribution is 7.15. The van der Waals surface area contributed by atoms with Crippen LogP contribution in [0.1, 0.15) is 48.2 Å². The van der Waals surface area contributed by atoms with Gasteiger partial charge in [0.1, 0.15) is 4.88 Å². The molecular formula is C18H22N2O4S. The van der Waals surface area contributed by atoms with Gasteiger partial charge in [0.2, 0.25) is 12.8 Å². The molecule has 1 aliphatic rings. The number of carbonyl (C=O) groups is 3. The summed E-state index contributed by atoms with van der Waals surface area (Å²) in [7, 11) is 0. The smallest absolute Gasteiger partial charge is 0.348 e. The van der Waals surface area contributed by atoms with Gasteiger partial charge in [-0.3, -0.25) is 9.59 Å². The van der Waals surface area contributed by atoms with Crippen LogP contribution < -0.4 is 4.90 Å². The van der Waals surface area contributed by atoms with E-state index < -0.39 is 5.97 Å². The van der Waals surface area contributed by atoms with Crippen molar-refractivity contribution >= 4 is 35.8 Å². The zero-order valence-electron chi connectivity index (χ0n) is 14.6. The van der Waals surface area contributed by atoms with E-state index in [9.17, 15) is 19.5 Å². The zero-order chi connectivity index (χ0) is 18.6. The fourth-order valence-electron chi connectivity index (χ4n) is 2.65. The van der Waals surface area contributed by atoms with E-state index in [2.05, 4.69) is 11.8 Å². The minimum atomic E-state index is -1.07. The summed E-state index contributed by atoms with van der Waals surface area (Å²) in [5, 5.41) is 9.50. The second-order valence-electron chi connectivity index (χ2n) is 7.02. The average Bonchev–Trinajstić information content (AvgIpc) is 2.98. The number of likely N-dealkylation sites (tertiary alicyclic amines) is 1. The van der Waals surface area contributed by atoms with Gasteiger partial charge >= 0.3 is 5.97 Å². The van der Waals surface area contributed by atoms with Crippen molar-refractivity contribution in [1.29, 1.82) is 0 Å². The number of anilines is 1. The third kappa shape index (κ3) is 4.83. The Kier molecular flexibility index (Phi) is 5.85. The third-order valence-corrected chi connectivity index (χ3v) is 4.93. The molecule has 2 rings (SSSR count). The van der Waals surface area contributed by atoms with E-state index in [-0.39, 0.29) is 16.3 Å². The lowest BCUT2D eigenvalue weighted by Gasteiger charge is -2.35. The summed E-state index contributed by atoms with van der Waals surface area (Å²) >= 11 is 1.08. The first-order chi connectivity index (χ1) is 11.7. The van der Waals surface area contributed by atoms with Crippen molar-refractivity contribution in [3.63, 3.8) is 0 Å². The Hall–Kier alpha value is -2.33. The Morgan fingerprint density at radius 1 is 1.36 bits per heavy atom. The Labute approximate surface area is 151 Å². The maximum Gasteiger partial charge on any atom is 0.348 e. The molecule has 1 aromatic rings. The molecule has 0 unspecified atom stereocenters. The van der Waals surface area contributed by atoms with Crippen LogP contribution >= 0.6 is 11.3 Å². The minimum absolute atomic E-state index is 0.114. The number of aromatic carboxylic acids is 1. The van der Waals surface area contributed by atoms with Crippen molar-refractivity contribution in [2.75, 3.05) is 18.0 Å². The quantitative estimate of drug-likeness (QED) is 0.645. The highest BCUT2D eigenvalue weighted by Gasteiger charge is 2.28. The molecule has 0 spiro atoms. The lowest BCUT2D eigenvalue weighted by atomic mass is 9.98. The molecule has 2 amide bonds. The summed E-state index contributed by atoms with van der Waals surface area (Å²) in [5.74, 6) is 5.02. The molecule has 0 radical (unpaired) electrons. The molecule has 1 aliphatic heterocycles. The molecule has 1 saturated heterocycles. The second-order valence-corrected chi connectivity index (χ2v) is 8.07. The summed E-state index contributed by atoms with van der Waals surface area (Å²) in [6.45, 7) is 7.05. The number of thiophene rings is 1. The third-order valence-electron chi connectivity index (χ3n) is 3.90. The molecule has 2 heterocycles. The van der Waals surface area contributed by atoms with Crippen LogP contribution in [0.2, 0.25) is 0 Å². The molecule has 25 heavy (non-hydrogen) atoms. The Morgan fingerprint density at radius 2 is 2.00 bits per heavy atom. The van der Waals surface area contributed by atoms with Crippen molar-refractivity contribution in [2.24, 2.45) is 5.41 Å². The summed E-state index contributed by atoms with van der Waals surface area (Å²) < 4.78 is 0. The van der Waals surface area contributed by atoms with Crippen LogP contribution in [-0.4, -0.2) is 47.9 Å². The number of nitrogens with zero attached hydrogens (tertiary/aromatic N) is 2. The number of rotatable bonds is 5. The summed E-state index contributed by atoms with van der Waals surface area (Å²) in [4.78, 5) is 38.0. The van der Waals surface area contributed by atoms with Gasteiger partial charge in [-0.15, -0.1) is 11.3 Å². The number of carboxylic acids is 1. The summed E-state index contributed by atoms with van der Waals surface area (Å²) in [5.41, 5.74) is 0.190. The molecule has 0 saturated carbocycles. The first kappa shape index (κ1) is 19.0. The molecule has 1 N–H and O–H groups in total. The van der Waals surface area contributed by atoms with Crippen molar-refractivity contribution in [3.05, 3.63) is 15.8 Å². The maximum absolute atomic E-state index is 11.7. The standard InChI is InChI=1S/C18H22N2O4S/c1-18(2,3)7-4-14-10-15(16(25-14)17(23)24)20(12-22)13-5-8-19(11-21)9-6-13/h10-13H,5-6,8-9H2,1-3H3,(H,23,24). The van der Waals surface area contributed by atoms with Crippen LogP contribution in [0.5, 0.6) is 0 Å². The highest BCUT2D eigenvalue weighted by Crippen LogP contribution is 2.33.